The van der Waals surface area contributed by atoms with Crippen LogP contribution in [0.5, 0.6) is 0 Å². The molecule has 0 bridgehead atoms. The quantitative estimate of drug-likeness (QED) is 0.514. The Morgan fingerprint density at radius 2 is 1.86 bits per heavy atom. The molecule has 7 heavy (non-hydrogen) atoms. The molecule has 0 amide bonds. The number of aliphatic hydroxyl groups excluding tert-OH is 2. The van der Waals surface area contributed by atoms with Crippen LogP contribution in [0.2, 0.25) is 0 Å². The van der Waals surface area contributed by atoms with E-state index in [2.05, 4.69) is 0 Å². The predicted octanol–water partition coefficient (Wildman–Crippen LogP) is -0.0477. The lowest BCUT2D eigenvalue weighted by atomic mass is 10.2. The average Bonchev–Trinajstić information content (AvgIpc) is 1.65. The van der Waals surface area contributed by atoms with Crippen molar-refractivity contribution in [1.29, 1.82) is 0 Å². The van der Waals surface area contributed by atoms with Crippen molar-refractivity contribution in [3.8, 4) is 0 Å². The van der Waals surface area contributed by atoms with E-state index in [1.807, 2.05) is 0 Å². The van der Waals surface area contributed by atoms with Crippen LogP contribution in [0.1, 0.15) is 13.8 Å². The van der Waals surface area contributed by atoms with Gasteiger partial charge in [-0.25, -0.2) is 0 Å². The van der Waals surface area contributed by atoms with Crippen molar-refractivity contribution in [2.24, 2.45) is 0 Å². The number of hydrogen-bond acceptors (Lipinski definition) is 2. The molecular weight excluding hydrogens is 92.1 g/mol. The van der Waals surface area contributed by atoms with Crippen LogP contribution in [-0.4, -0.2) is 22.4 Å². The molecule has 0 fully saturated rings. The molecule has 0 rings (SSSR count). The van der Waals surface area contributed by atoms with Crippen LogP contribution in [0, 0.1) is 6.42 Å². The minimum Gasteiger partial charge on any atom is -0.391 e. The maximum absolute atomic E-state index is 8.63. The van der Waals surface area contributed by atoms with E-state index in [0.717, 1.165) is 0 Å². The maximum Gasteiger partial charge on any atom is 0.0825 e. The molecule has 1 radical (unpaired) electrons. The molecule has 2 heteroatoms. The lowest BCUT2D eigenvalue weighted by molar-refractivity contribution is 0.0523. The third kappa shape index (κ3) is 2.60. The summed E-state index contributed by atoms with van der Waals surface area (Å²) in [5, 5.41) is 17.2. The van der Waals surface area contributed by atoms with E-state index in [1.54, 1.807) is 20.3 Å². The van der Waals surface area contributed by atoms with Crippen LogP contribution in [0.3, 0.4) is 0 Å². The molecule has 0 saturated heterocycles. The Hall–Kier alpha value is -0.0800. The summed E-state index contributed by atoms with van der Waals surface area (Å²) >= 11 is 0. The fourth-order valence-corrected chi connectivity index (χ4v) is 0.279. The molecule has 0 aromatic heterocycles. The normalized spacial score (nSPS) is 18.9. The van der Waals surface area contributed by atoms with Crippen molar-refractivity contribution >= 4 is 0 Å². The second-order valence-electron chi connectivity index (χ2n) is 1.56. The third-order valence-corrected chi connectivity index (χ3v) is 0.836. The molecule has 0 aliphatic carbocycles. The summed E-state index contributed by atoms with van der Waals surface area (Å²) in [6.45, 7) is 3.25. The molecule has 2 N–H and O–H groups in total. The standard InChI is InChI=1S/C5H11O2/c1-3-5(7)4(2)6/h3-7H,1-2H3. The SMILES string of the molecule is C[CH]C(O)C(C)O. The van der Waals surface area contributed by atoms with Crippen molar-refractivity contribution in [2.45, 2.75) is 26.1 Å². The largest absolute Gasteiger partial charge is 0.391 e. The minimum atomic E-state index is -0.667. The highest BCUT2D eigenvalue weighted by Crippen LogP contribution is 1.93. The molecule has 0 aromatic carbocycles. The van der Waals surface area contributed by atoms with Crippen LogP contribution < -0.4 is 0 Å². The van der Waals surface area contributed by atoms with Gasteiger partial charge in [-0.1, -0.05) is 6.92 Å². The zero-order chi connectivity index (χ0) is 5.86. The number of hydrogen-bond donors (Lipinski definition) is 2. The summed E-state index contributed by atoms with van der Waals surface area (Å²) in [5.74, 6) is 0. The first-order chi connectivity index (χ1) is 3.18. The van der Waals surface area contributed by atoms with Crippen LogP contribution >= 0.6 is 0 Å². The molecular formula is C5H11O2. The highest BCUT2D eigenvalue weighted by Gasteiger charge is 2.05. The fraction of sp³-hybridized carbons (Fsp3) is 0.800. The average molecular weight is 103 g/mol. The molecule has 2 nitrogen and oxygen atoms in total. The highest BCUT2D eigenvalue weighted by molar-refractivity contribution is 4.73. The van der Waals surface area contributed by atoms with Crippen molar-refractivity contribution in [1.82, 2.24) is 0 Å². The van der Waals surface area contributed by atoms with E-state index in [1.165, 1.54) is 0 Å². The summed E-state index contributed by atoms with van der Waals surface area (Å²) in [6, 6.07) is 0. The first kappa shape index (κ1) is 6.92. The van der Waals surface area contributed by atoms with E-state index in [9.17, 15) is 0 Å². The van der Waals surface area contributed by atoms with Crippen molar-refractivity contribution in [3.63, 3.8) is 0 Å². The Morgan fingerprint density at radius 1 is 1.43 bits per heavy atom. The van der Waals surface area contributed by atoms with Gasteiger partial charge in [0.25, 0.3) is 0 Å². The second-order valence-corrected chi connectivity index (χ2v) is 1.56. The summed E-state index contributed by atoms with van der Waals surface area (Å²) in [6.07, 6.45) is 0.245. The topological polar surface area (TPSA) is 40.5 Å². The van der Waals surface area contributed by atoms with E-state index in [-0.39, 0.29) is 0 Å². The lowest BCUT2D eigenvalue weighted by Crippen LogP contribution is -2.21. The second kappa shape index (κ2) is 2.99. The monoisotopic (exact) mass is 103 g/mol. The van der Waals surface area contributed by atoms with Gasteiger partial charge >= 0.3 is 0 Å². The number of rotatable bonds is 2. The van der Waals surface area contributed by atoms with Crippen molar-refractivity contribution in [2.75, 3.05) is 0 Å². The lowest BCUT2D eigenvalue weighted by Gasteiger charge is -2.08. The van der Waals surface area contributed by atoms with Gasteiger partial charge in [-0.15, -0.1) is 0 Å². The van der Waals surface area contributed by atoms with Crippen LogP contribution in [-0.2, 0) is 0 Å². The van der Waals surface area contributed by atoms with Gasteiger partial charge in [0.1, 0.15) is 0 Å². The van der Waals surface area contributed by atoms with Gasteiger partial charge in [0.15, 0.2) is 0 Å². The maximum atomic E-state index is 8.63. The first-order valence-corrected chi connectivity index (χ1v) is 2.34. The van der Waals surface area contributed by atoms with E-state index >= 15 is 0 Å². The zero-order valence-electron chi connectivity index (χ0n) is 4.63. The van der Waals surface area contributed by atoms with E-state index < -0.39 is 12.2 Å². The van der Waals surface area contributed by atoms with Crippen LogP contribution in [0.15, 0.2) is 0 Å². The van der Waals surface area contributed by atoms with Gasteiger partial charge in [0.2, 0.25) is 0 Å². The van der Waals surface area contributed by atoms with Gasteiger partial charge in [0.05, 0.1) is 12.2 Å². The van der Waals surface area contributed by atoms with Gasteiger partial charge in [-0.05, 0) is 13.3 Å². The fourth-order valence-electron chi connectivity index (χ4n) is 0.279. The van der Waals surface area contributed by atoms with Crippen molar-refractivity contribution in [3.05, 3.63) is 6.42 Å². The van der Waals surface area contributed by atoms with Gasteiger partial charge in [-0.3, -0.25) is 0 Å². The Balaban J connectivity index is 3.14. The van der Waals surface area contributed by atoms with Crippen LogP contribution in [0.4, 0.5) is 0 Å². The van der Waals surface area contributed by atoms with Gasteiger partial charge in [0, 0.05) is 0 Å². The predicted molar refractivity (Wildman–Crippen MR) is 27.7 cm³/mol. The molecule has 2 atom stereocenters. The Bertz CT molecular complexity index is 43.3. The van der Waals surface area contributed by atoms with Crippen molar-refractivity contribution < 1.29 is 10.2 Å². The molecule has 0 spiro atoms. The Kier molecular flexibility index (Phi) is 2.96. The third-order valence-electron chi connectivity index (χ3n) is 0.836. The molecule has 0 heterocycles. The van der Waals surface area contributed by atoms with Gasteiger partial charge < -0.3 is 10.2 Å². The van der Waals surface area contributed by atoms with E-state index in [4.69, 9.17) is 10.2 Å². The Morgan fingerprint density at radius 3 is 1.86 bits per heavy atom. The summed E-state index contributed by atoms with van der Waals surface area (Å²) in [4.78, 5) is 0. The molecule has 2 unspecified atom stereocenters. The van der Waals surface area contributed by atoms with Crippen LogP contribution in [0.25, 0.3) is 0 Å². The smallest absolute Gasteiger partial charge is 0.0825 e. The first-order valence-electron chi connectivity index (χ1n) is 2.34. The zero-order valence-corrected chi connectivity index (χ0v) is 4.63. The molecule has 43 valence electrons. The molecule has 0 aliphatic heterocycles. The number of aliphatic hydroxyl groups is 2. The summed E-state index contributed by atoms with van der Waals surface area (Å²) in [5.41, 5.74) is 0. The Labute approximate surface area is 43.8 Å². The minimum absolute atomic E-state index is 0.634. The molecule has 0 saturated carbocycles. The summed E-state index contributed by atoms with van der Waals surface area (Å²) < 4.78 is 0. The van der Waals surface area contributed by atoms with Gasteiger partial charge in [-0.2, -0.15) is 0 Å². The highest BCUT2D eigenvalue weighted by atomic mass is 16.3. The molecule has 0 aromatic rings. The van der Waals surface area contributed by atoms with E-state index in [0.29, 0.717) is 0 Å². The molecule has 0 aliphatic rings. The summed E-state index contributed by atoms with van der Waals surface area (Å²) in [7, 11) is 0.